The molecule has 0 aliphatic heterocycles. The number of aromatic nitrogens is 3. The van der Waals surface area contributed by atoms with Crippen LogP contribution < -0.4 is 0 Å². The van der Waals surface area contributed by atoms with Crippen LogP contribution in [0, 0.1) is 6.92 Å². The molecule has 2 rings (SSSR count). The van der Waals surface area contributed by atoms with Crippen LogP contribution in [0.25, 0.3) is 0 Å². The smallest absolute Gasteiger partial charge is 0.242 e. The Hall–Kier alpha value is -2.50. The summed E-state index contributed by atoms with van der Waals surface area (Å²) in [6, 6.07) is 7.05. The number of ketones is 1. The zero-order valence-corrected chi connectivity index (χ0v) is 9.11. The van der Waals surface area contributed by atoms with E-state index in [9.17, 15) is 4.79 Å². The van der Waals surface area contributed by atoms with Gasteiger partial charge in [0.2, 0.25) is 11.6 Å². The Morgan fingerprint density at radius 2 is 2.18 bits per heavy atom. The quantitative estimate of drug-likeness (QED) is 0.275. The molecular formula is C11H10N4O2. The third kappa shape index (κ3) is 2.05. The maximum absolute atomic E-state index is 12.1. The molecule has 0 unspecified atom stereocenters. The summed E-state index contributed by atoms with van der Waals surface area (Å²) in [4.78, 5) is 15.8. The summed E-state index contributed by atoms with van der Waals surface area (Å²) < 4.78 is 1.12. The lowest BCUT2D eigenvalue weighted by atomic mass is 10.0. The molecule has 0 radical (unpaired) electrons. The van der Waals surface area contributed by atoms with Crippen molar-refractivity contribution in [2.45, 2.75) is 6.92 Å². The number of carbonyl (C=O) groups is 1. The first-order valence-corrected chi connectivity index (χ1v) is 4.91. The van der Waals surface area contributed by atoms with Crippen LogP contribution in [0.5, 0.6) is 0 Å². The van der Waals surface area contributed by atoms with Crippen molar-refractivity contribution in [2.75, 3.05) is 0 Å². The maximum Gasteiger partial charge on any atom is 0.242 e. The van der Waals surface area contributed by atoms with Gasteiger partial charge in [-0.15, -0.1) is 0 Å². The molecule has 0 aliphatic rings. The molecule has 1 aromatic carbocycles. The van der Waals surface area contributed by atoms with Crippen molar-refractivity contribution in [1.82, 2.24) is 14.8 Å². The van der Waals surface area contributed by atoms with Crippen LogP contribution in [-0.4, -0.2) is 31.6 Å². The van der Waals surface area contributed by atoms with E-state index in [0.29, 0.717) is 5.56 Å². The highest BCUT2D eigenvalue weighted by Gasteiger charge is 2.18. The fraction of sp³-hybridized carbons (Fsp3) is 0.0909. The van der Waals surface area contributed by atoms with Crippen LogP contribution in [0.2, 0.25) is 0 Å². The van der Waals surface area contributed by atoms with E-state index in [1.165, 1.54) is 12.7 Å². The van der Waals surface area contributed by atoms with E-state index in [2.05, 4.69) is 15.2 Å². The largest absolute Gasteiger partial charge is 0.409 e. The van der Waals surface area contributed by atoms with Gasteiger partial charge in [-0.25, -0.2) is 4.98 Å². The van der Waals surface area contributed by atoms with E-state index in [0.717, 1.165) is 10.2 Å². The number of Topliss-reactive ketones (excluding diaryl/α,β-unsaturated/α-hetero) is 1. The van der Waals surface area contributed by atoms with E-state index >= 15 is 0 Å². The molecule has 0 aliphatic carbocycles. The molecule has 1 heterocycles. The Balaban J connectivity index is 2.41. The van der Waals surface area contributed by atoms with Gasteiger partial charge in [0, 0.05) is 5.56 Å². The van der Waals surface area contributed by atoms with Crippen molar-refractivity contribution in [3.8, 4) is 0 Å². The van der Waals surface area contributed by atoms with Gasteiger partial charge in [-0.3, -0.25) is 4.79 Å². The monoisotopic (exact) mass is 230 g/mol. The van der Waals surface area contributed by atoms with Crippen molar-refractivity contribution in [2.24, 2.45) is 5.16 Å². The van der Waals surface area contributed by atoms with Crippen LogP contribution >= 0.6 is 0 Å². The van der Waals surface area contributed by atoms with Gasteiger partial charge in [0.15, 0.2) is 0 Å². The zero-order valence-electron chi connectivity index (χ0n) is 9.11. The number of aryl methyl sites for hydroxylation is 1. The summed E-state index contributed by atoms with van der Waals surface area (Å²) in [5.41, 5.74) is 1.27. The van der Waals surface area contributed by atoms with Crippen LogP contribution in [0.15, 0.2) is 42.1 Å². The third-order valence-electron chi connectivity index (χ3n) is 2.32. The first-order valence-electron chi connectivity index (χ1n) is 4.91. The number of benzene rings is 1. The predicted molar refractivity (Wildman–Crippen MR) is 60.2 cm³/mol. The molecule has 0 saturated carbocycles. The summed E-state index contributed by atoms with van der Waals surface area (Å²) in [5, 5.41) is 15.6. The van der Waals surface area contributed by atoms with Gasteiger partial charge < -0.3 is 5.21 Å². The zero-order chi connectivity index (χ0) is 12.3. The Morgan fingerprint density at radius 1 is 1.41 bits per heavy atom. The van der Waals surface area contributed by atoms with E-state index in [-0.39, 0.29) is 5.84 Å². The van der Waals surface area contributed by atoms with Gasteiger partial charge in [0.25, 0.3) is 0 Å². The lowest BCUT2D eigenvalue weighted by Gasteiger charge is -2.05. The number of carbonyl (C=O) groups excluding carboxylic acids is 1. The molecule has 17 heavy (non-hydrogen) atoms. The molecule has 1 N–H and O–H groups in total. The number of rotatable bonds is 2. The average molecular weight is 230 g/mol. The van der Waals surface area contributed by atoms with Gasteiger partial charge in [0.1, 0.15) is 12.7 Å². The molecule has 2 aromatic rings. The van der Waals surface area contributed by atoms with Crippen LogP contribution in [0.4, 0.5) is 0 Å². The second-order valence-electron chi connectivity index (χ2n) is 3.41. The van der Waals surface area contributed by atoms with Gasteiger partial charge in [-0.2, -0.15) is 9.78 Å². The highest BCUT2D eigenvalue weighted by Crippen LogP contribution is 2.09. The van der Waals surface area contributed by atoms with Gasteiger partial charge in [-0.05, 0) is 12.5 Å². The second-order valence-corrected chi connectivity index (χ2v) is 3.41. The Labute approximate surface area is 97.2 Å². The predicted octanol–water partition coefficient (Wildman–Crippen LogP) is 1.11. The van der Waals surface area contributed by atoms with Crippen molar-refractivity contribution in [3.63, 3.8) is 0 Å². The Bertz CT molecular complexity index is 561. The Morgan fingerprint density at radius 3 is 2.76 bits per heavy atom. The highest BCUT2D eigenvalue weighted by molar-refractivity contribution is 6.45. The van der Waals surface area contributed by atoms with E-state index in [1.807, 2.05) is 19.1 Å². The fourth-order valence-electron chi connectivity index (χ4n) is 1.46. The molecule has 0 spiro atoms. The fourth-order valence-corrected chi connectivity index (χ4v) is 1.46. The second kappa shape index (κ2) is 4.56. The topological polar surface area (TPSA) is 80.4 Å². The standard InChI is InChI=1S/C11H10N4O2/c1-8-4-2-3-5-9(8)10(16)11(14-17)15-7-12-6-13-15/h2-7,17H,1H3/b14-11+. The van der Waals surface area contributed by atoms with Gasteiger partial charge in [-0.1, -0.05) is 29.4 Å². The molecule has 0 saturated heterocycles. The SMILES string of the molecule is Cc1ccccc1C(=O)/C(=N\O)n1cncn1. The summed E-state index contributed by atoms with van der Waals surface area (Å²) in [5.74, 6) is -0.590. The van der Waals surface area contributed by atoms with Crippen LogP contribution in [0.1, 0.15) is 15.9 Å². The maximum atomic E-state index is 12.1. The lowest BCUT2D eigenvalue weighted by molar-refractivity contribution is 0.105. The molecule has 0 atom stereocenters. The normalized spacial score (nSPS) is 11.5. The molecule has 1 aromatic heterocycles. The highest BCUT2D eigenvalue weighted by atomic mass is 16.4. The summed E-state index contributed by atoms with van der Waals surface area (Å²) in [6.45, 7) is 1.81. The summed E-state index contributed by atoms with van der Waals surface area (Å²) >= 11 is 0. The molecule has 0 fully saturated rings. The number of oxime groups is 1. The first-order chi connectivity index (χ1) is 8.24. The number of nitrogens with zero attached hydrogens (tertiary/aromatic N) is 4. The molecule has 0 amide bonds. The Kier molecular flexibility index (Phi) is 2.95. The van der Waals surface area contributed by atoms with Crippen molar-refractivity contribution in [3.05, 3.63) is 48.0 Å². The van der Waals surface area contributed by atoms with Crippen molar-refractivity contribution < 1.29 is 10.0 Å². The van der Waals surface area contributed by atoms with Crippen LogP contribution in [0.3, 0.4) is 0 Å². The average Bonchev–Trinajstić information content (AvgIpc) is 2.84. The minimum atomic E-state index is -0.406. The lowest BCUT2D eigenvalue weighted by Crippen LogP contribution is -2.24. The van der Waals surface area contributed by atoms with E-state index < -0.39 is 5.78 Å². The summed E-state index contributed by atoms with van der Waals surface area (Å²) in [6.07, 6.45) is 2.56. The molecule has 6 heteroatoms. The van der Waals surface area contributed by atoms with Gasteiger partial charge in [0.05, 0.1) is 0 Å². The first kappa shape index (κ1) is 11.0. The minimum Gasteiger partial charge on any atom is -0.409 e. The number of hydrogen-bond donors (Lipinski definition) is 1. The van der Waals surface area contributed by atoms with Crippen molar-refractivity contribution >= 4 is 11.6 Å². The number of hydrogen-bond acceptors (Lipinski definition) is 5. The van der Waals surface area contributed by atoms with Gasteiger partial charge >= 0.3 is 0 Å². The summed E-state index contributed by atoms with van der Waals surface area (Å²) in [7, 11) is 0. The molecule has 6 nitrogen and oxygen atoms in total. The van der Waals surface area contributed by atoms with E-state index in [1.54, 1.807) is 12.1 Å². The minimum absolute atomic E-state index is 0.184. The third-order valence-corrected chi connectivity index (χ3v) is 2.32. The molecule has 0 bridgehead atoms. The van der Waals surface area contributed by atoms with E-state index in [4.69, 9.17) is 5.21 Å². The molecule has 86 valence electrons. The molecular weight excluding hydrogens is 220 g/mol. The van der Waals surface area contributed by atoms with Crippen molar-refractivity contribution in [1.29, 1.82) is 0 Å². The van der Waals surface area contributed by atoms with Crippen LogP contribution in [-0.2, 0) is 0 Å².